The molecule has 1 saturated heterocycles. The lowest BCUT2D eigenvalue weighted by molar-refractivity contribution is 0.0240. The normalized spacial score (nSPS) is 16.0. The molecule has 1 heterocycles. The van der Waals surface area contributed by atoms with Gasteiger partial charge in [0.2, 0.25) is 0 Å². The molecule has 7 heteroatoms. The quantitative estimate of drug-likeness (QED) is 0.747. The number of hydrogen-bond acceptors (Lipinski definition) is 3. The van der Waals surface area contributed by atoms with Crippen LogP contribution in [0.1, 0.15) is 32.8 Å². The van der Waals surface area contributed by atoms with Crippen molar-refractivity contribution >= 4 is 27.7 Å². The second-order valence-corrected chi connectivity index (χ2v) is 7.41. The number of anilines is 1. The SMILES string of the molecule is CC(C)(C)OC(=O)N1CCN(c2cc(Br)cc(C(F)F)c2)CC1. The molecule has 0 radical (unpaired) electrons. The molecule has 1 aliphatic rings. The fourth-order valence-corrected chi connectivity index (χ4v) is 2.88. The highest BCUT2D eigenvalue weighted by Crippen LogP contribution is 2.29. The molecule has 0 aliphatic carbocycles. The summed E-state index contributed by atoms with van der Waals surface area (Å²) in [5.74, 6) is 0. The molecule has 1 aromatic carbocycles. The Kier molecular flexibility index (Phi) is 5.49. The zero-order chi connectivity index (χ0) is 17.2. The number of carbonyl (C=O) groups is 1. The third-order valence-electron chi connectivity index (χ3n) is 3.45. The topological polar surface area (TPSA) is 32.8 Å². The van der Waals surface area contributed by atoms with Gasteiger partial charge < -0.3 is 14.5 Å². The first kappa shape index (κ1) is 18.0. The molecule has 0 atom stereocenters. The molecule has 0 spiro atoms. The van der Waals surface area contributed by atoms with Crippen molar-refractivity contribution in [1.29, 1.82) is 0 Å². The van der Waals surface area contributed by atoms with E-state index in [1.165, 1.54) is 12.1 Å². The summed E-state index contributed by atoms with van der Waals surface area (Å²) in [6.45, 7) is 7.66. The van der Waals surface area contributed by atoms with Crippen LogP contribution < -0.4 is 4.90 Å². The highest BCUT2D eigenvalue weighted by Gasteiger charge is 2.26. The number of halogens is 3. The Labute approximate surface area is 143 Å². The van der Waals surface area contributed by atoms with Crippen LogP contribution in [-0.2, 0) is 4.74 Å². The summed E-state index contributed by atoms with van der Waals surface area (Å²) in [6, 6.07) is 4.73. The second kappa shape index (κ2) is 7.03. The molecule has 0 aromatic heterocycles. The van der Waals surface area contributed by atoms with Gasteiger partial charge in [0, 0.05) is 41.9 Å². The van der Waals surface area contributed by atoms with Crippen LogP contribution in [0.2, 0.25) is 0 Å². The molecule has 1 fully saturated rings. The number of hydrogen-bond donors (Lipinski definition) is 0. The predicted molar refractivity (Wildman–Crippen MR) is 89.1 cm³/mol. The average Bonchev–Trinajstić information content (AvgIpc) is 2.45. The number of carbonyl (C=O) groups excluding carboxylic acids is 1. The van der Waals surface area contributed by atoms with Gasteiger partial charge in [-0.2, -0.15) is 0 Å². The highest BCUT2D eigenvalue weighted by atomic mass is 79.9. The fraction of sp³-hybridized carbons (Fsp3) is 0.562. The first-order chi connectivity index (χ1) is 10.7. The van der Waals surface area contributed by atoms with E-state index in [1.54, 1.807) is 4.90 Å². The number of amides is 1. The number of nitrogens with zero attached hydrogens (tertiary/aromatic N) is 2. The molecular weight excluding hydrogens is 370 g/mol. The second-order valence-electron chi connectivity index (χ2n) is 6.50. The molecule has 128 valence electrons. The van der Waals surface area contributed by atoms with Crippen molar-refractivity contribution < 1.29 is 18.3 Å². The van der Waals surface area contributed by atoms with Gasteiger partial charge in [-0.15, -0.1) is 0 Å². The molecule has 1 aliphatic heterocycles. The van der Waals surface area contributed by atoms with Crippen LogP contribution in [0.5, 0.6) is 0 Å². The Morgan fingerprint density at radius 1 is 1.17 bits per heavy atom. The summed E-state index contributed by atoms with van der Waals surface area (Å²) < 4.78 is 31.8. The highest BCUT2D eigenvalue weighted by molar-refractivity contribution is 9.10. The Morgan fingerprint density at radius 3 is 2.30 bits per heavy atom. The van der Waals surface area contributed by atoms with E-state index in [1.807, 2.05) is 31.7 Å². The molecule has 0 saturated carbocycles. The van der Waals surface area contributed by atoms with Crippen molar-refractivity contribution in [3.05, 3.63) is 28.2 Å². The van der Waals surface area contributed by atoms with Gasteiger partial charge in [-0.25, -0.2) is 13.6 Å². The van der Waals surface area contributed by atoms with Crippen LogP contribution in [0.25, 0.3) is 0 Å². The molecule has 0 bridgehead atoms. The van der Waals surface area contributed by atoms with E-state index in [-0.39, 0.29) is 11.7 Å². The lowest BCUT2D eigenvalue weighted by Crippen LogP contribution is -2.50. The molecule has 23 heavy (non-hydrogen) atoms. The number of ether oxygens (including phenoxy) is 1. The first-order valence-electron chi connectivity index (χ1n) is 7.47. The summed E-state index contributed by atoms with van der Waals surface area (Å²) in [5, 5.41) is 0. The smallest absolute Gasteiger partial charge is 0.410 e. The van der Waals surface area contributed by atoms with Crippen LogP contribution in [-0.4, -0.2) is 42.8 Å². The summed E-state index contributed by atoms with van der Waals surface area (Å²) in [4.78, 5) is 15.7. The monoisotopic (exact) mass is 390 g/mol. The van der Waals surface area contributed by atoms with E-state index in [9.17, 15) is 13.6 Å². The third kappa shape index (κ3) is 5.06. The number of alkyl halides is 2. The predicted octanol–water partition coefficient (Wildman–Crippen LogP) is 4.44. The van der Waals surface area contributed by atoms with Crippen LogP contribution in [0.3, 0.4) is 0 Å². The van der Waals surface area contributed by atoms with Gasteiger partial charge >= 0.3 is 6.09 Å². The minimum atomic E-state index is -2.51. The summed E-state index contributed by atoms with van der Waals surface area (Å²) in [5.41, 5.74) is 0.201. The summed E-state index contributed by atoms with van der Waals surface area (Å²) in [7, 11) is 0. The average molecular weight is 391 g/mol. The molecule has 0 unspecified atom stereocenters. The molecule has 1 aromatic rings. The Balaban J connectivity index is 2.01. The van der Waals surface area contributed by atoms with Crippen molar-refractivity contribution in [3.63, 3.8) is 0 Å². The van der Waals surface area contributed by atoms with E-state index in [0.29, 0.717) is 30.7 Å². The maximum atomic E-state index is 12.9. The van der Waals surface area contributed by atoms with Gasteiger partial charge in [0.05, 0.1) is 0 Å². The lowest BCUT2D eigenvalue weighted by atomic mass is 10.1. The molecule has 1 amide bonds. The van der Waals surface area contributed by atoms with Gasteiger partial charge in [0.25, 0.3) is 6.43 Å². The number of piperazine rings is 1. The van der Waals surface area contributed by atoms with E-state index in [2.05, 4.69) is 15.9 Å². The van der Waals surface area contributed by atoms with E-state index < -0.39 is 12.0 Å². The van der Waals surface area contributed by atoms with Crippen LogP contribution in [0.15, 0.2) is 22.7 Å². The zero-order valence-electron chi connectivity index (χ0n) is 13.5. The zero-order valence-corrected chi connectivity index (χ0v) is 15.1. The molecule has 0 N–H and O–H groups in total. The van der Waals surface area contributed by atoms with Gasteiger partial charge in [0.15, 0.2) is 0 Å². The summed E-state index contributed by atoms with van der Waals surface area (Å²) >= 11 is 3.27. The van der Waals surface area contributed by atoms with E-state index in [0.717, 1.165) is 5.69 Å². The van der Waals surface area contributed by atoms with Gasteiger partial charge in [-0.3, -0.25) is 0 Å². The summed E-state index contributed by atoms with van der Waals surface area (Å²) in [6.07, 6.45) is -2.84. The third-order valence-corrected chi connectivity index (χ3v) is 3.91. The molecule has 4 nitrogen and oxygen atoms in total. The molecule has 2 rings (SSSR count). The van der Waals surface area contributed by atoms with Crippen molar-refractivity contribution in [3.8, 4) is 0 Å². The Bertz CT molecular complexity index is 568. The Morgan fingerprint density at radius 2 is 1.78 bits per heavy atom. The van der Waals surface area contributed by atoms with Crippen LogP contribution in [0.4, 0.5) is 19.3 Å². The van der Waals surface area contributed by atoms with E-state index in [4.69, 9.17) is 4.74 Å². The van der Waals surface area contributed by atoms with Crippen LogP contribution in [0, 0.1) is 0 Å². The van der Waals surface area contributed by atoms with Crippen molar-refractivity contribution in [2.75, 3.05) is 31.1 Å². The van der Waals surface area contributed by atoms with Crippen molar-refractivity contribution in [2.45, 2.75) is 32.8 Å². The minimum Gasteiger partial charge on any atom is -0.444 e. The minimum absolute atomic E-state index is 0.0102. The van der Waals surface area contributed by atoms with Gasteiger partial charge in [0.1, 0.15) is 5.60 Å². The maximum absolute atomic E-state index is 12.9. The van der Waals surface area contributed by atoms with Crippen molar-refractivity contribution in [1.82, 2.24) is 4.90 Å². The molecular formula is C16H21BrF2N2O2. The van der Waals surface area contributed by atoms with Gasteiger partial charge in [-0.1, -0.05) is 15.9 Å². The van der Waals surface area contributed by atoms with E-state index >= 15 is 0 Å². The lowest BCUT2D eigenvalue weighted by Gasteiger charge is -2.37. The number of benzene rings is 1. The van der Waals surface area contributed by atoms with Crippen LogP contribution >= 0.6 is 15.9 Å². The first-order valence-corrected chi connectivity index (χ1v) is 8.26. The Hall–Kier alpha value is -1.37. The van der Waals surface area contributed by atoms with Gasteiger partial charge in [-0.05, 0) is 39.0 Å². The standard InChI is InChI=1S/C16H21BrF2N2O2/c1-16(2,3)23-15(22)21-6-4-20(5-7-21)13-9-11(14(18)19)8-12(17)10-13/h8-10,14H,4-7H2,1-3H3. The largest absolute Gasteiger partial charge is 0.444 e. The maximum Gasteiger partial charge on any atom is 0.410 e. The van der Waals surface area contributed by atoms with Crippen molar-refractivity contribution in [2.24, 2.45) is 0 Å². The fourth-order valence-electron chi connectivity index (χ4n) is 2.38. The number of rotatable bonds is 2.